The lowest BCUT2D eigenvalue weighted by atomic mass is 9.88. The lowest BCUT2D eigenvalue weighted by Crippen LogP contribution is -2.29. The maximum atomic E-state index is 10.6. The van der Waals surface area contributed by atoms with Crippen molar-refractivity contribution in [2.45, 2.75) is 25.4 Å². The van der Waals surface area contributed by atoms with Crippen LogP contribution in [0, 0.1) is 11.3 Å². The van der Waals surface area contributed by atoms with E-state index in [4.69, 9.17) is 10.5 Å². The molecule has 0 radical (unpaired) electrons. The number of phenolic OH excluding ortho intramolecular Hbond substituents is 1. The van der Waals surface area contributed by atoms with Gasteiger partial charge in [0.15, 0.2) is 0 Å². The van der Waals surface area contributed by atoms with Crippen molar-refractivity contribution in [3.05, 3.63) is 65.5 Å². The van der Waals surface area contributed by atoms with E-state index in [1.54, 1.807) is 24.4 Å². The van der Waals surface area contributed by atoms with Gasteiger partial charge >= 0.3 is 0 Å². The largest absolute Gasteiger partial charge is 0.507 e. The summed E-state index contributed by atoms with van der Waals surface area (Å²) in [6.45, 7) is 2.00. The number of nitriles is 1. The van der Waals surface area contributed by atoms with E-state index in [-0.39, 0.29) is 36.5 Å². The maximum Gasteiger partial charge on any atom is 0.142 e. The summed E-state index contributed by atoms with van der Waals surface area (Å²) >= 11 is 0. The summed E-state index contributed by atoms with van der Waals surface area (Å²) in [5, 5.41) is 23.6. The van der Waals surface area contributed by atoms with Crippen LogP contribution in [0.1, 0.15) is 35.6 Å². The third-order valence-electron chi connectivity index (χ3n) is 5.29. The lowest BCUT2D eigenvalue weighted by molar-refractivity contribution is 0.301. The fourth-order valence-electron chi connectivity index (χ4n) is 3.81. The molecule has 0 saturated carbocycles. The van der Waals surface area contributed by atoms with Gasteiger partial charge in [0.2, 0.25) is 0 Å². The van der Waals surface area contributed by atoms with Gasteiger partial charge < -0.3 is 20.9 Å². The molecule has 3 aromatic rings. The number of nitrogen functional groups attached to an aromatic ring is 1. The second kappa shape index (κ2) is 10.1. The Labute approximate surface area is 187 Å². The topological polar surface area (TPSA) is 117 Å². The third kappa shape index (κ3) is 4.88. The summed E-state index contributed by atoms with van der Waals surface area (Å²) in [6, 6.07) is 14.7. The predicted molar refractivity (Wildman–Crippen MR) is 121 cm³/mol. The Kier molecular flexibility index (Phi) is 7.29. The number of halogens is 1. The molecule has 1 aliphatic heterocycles. The van der Waals surface area contributed by atoms with Crippen molar-refractivity contribution in [2.24, 2.45) is 0 Å². The highest BCUT2D eigenvalue weighted by Gasteiger charge is 2.23. The number of aromatic hydroxyl groups is 1. The molecule has 31 heavy (non-hydrogen) atoms. The molecule has 1 aliphatic rings. The van der Waals surface area contributed by atoms with E-state index in [2.05, 4.69) is 21.4 Å². The molecular weight excluding hydrogens is 414 g/mol. The zero-order valence-electron chi connectivity index (χ0n) is 16.9. The molecule has 1 aromatic carbocycles. The van der Waals surface area contributed by atoms with Gasteiger partial charge in [-0.05, 0) is 61.2 Å². The van der Waals surface area contributed by atoms with Crippen molar-refractivity contribution in [3.63, 3.8) is 0 Å². The minimum absolute atomic E-state index is 0. The zero-order valence-corrected chi connectivity index (χ0v) is 17.7. The number of piperidine rings is 1. The van der Waals surface area contributed by atoms with E-state index in [1.807, 2.05) is 24.3 Å². The van der Waals surface area contributed by atoms with Crippen LogP contribution in [-0.2, 0) is 6.61 Å². The van der Waals surface area contributed by atoms with Crippen molar-refractivity contribution in [1.29, 1.82) is 5.26 Å². The number of anilines is 1. The highest BCUT2D eigenvalue weighted by Crippen LogP contribution is 2.40. The van der Waals surface area contributed by atoms with E-state index in [1.165, 1.54) is 0 Å². The molecule has 1 unspecified atom stereocenters. The quantitative estimate of drug-likeness (QED) is 0.556. The molecule has 0 aliphatic carbocycles. The van der Waals surface area contributed by atoms with Crippen LogP contribution in [0.25, 0.3) is 11.3 Å². The van der Waals surface area contributed by atoms with Crippen LogP contribution in [0.3, 0.4) is 0 Å². The Morgan fingerprint density at radius 1 is 1.26 bits per heavy atom. The summed E-state index contributed by atoms with van der Waals surface area (Å²) in [4.78, 5) is 8.69. The number of aromatic nitrogens is 2. The van der Waals surface area contributed by atoms with E-state index in [9.17, 15) is 10.4 Å². The Morgan fingerprint density at radius 3 is 2.84 bits per heavy atom. The highest BCUT2D eigenvalue weighted by molar-refractivity contribution is 5.85. The molecule has 1 atom stereocenters. The van der Waals surface area contributed by atoms with Crippen molar-refractivity contribution < 1.29 is 9.84 Å². The zero-order chi connectivity index (χ0) is 20.9. The molecule has 0 amide bonds. The summed E-state index contributed by atoms with van der Waals surface area (Å²) in [7, 11) is 0. The van der Waals surface area contributed by atoms with Crippen LogP contribution >= 0.6 is 12.4 Å². The minimum Gasteiger partial charge on any atom is -0.507 e. The van der Waals surface area contributed by atoms with Crippen LogP contribution in [0.5, 0.6) is 11.5 Å². The first-order chi connectivity index (χ1) is 14.7. The summed E-state index contributed by atoms with van der Waals surface area (Å²) in [6.07, 6.45) is 3.70. The van der Waals surface area contributed by atoms with E-state index in [0.29, 0.717) is 22.6 Å². The summed E-state index contributed by atoms with van der Waals surface area (Å²) in [5.74, 6) is 0.846. The highest BCUT2D eigenvalue weighted by atomic mass is 35.5. The number of phenols is 1. The van der Waals surface area contributed by atoms with Gasteiger partial charge in [-0.3, -0.25) is 4.98 Å². The number of ether oxygens (including phenoxy) is 1. The average molecular weight is 438 g/mol. The monoisotopic (exact) mass is 437 g/mol. The maximum absolute atomic E-state index is 10.6. The number of nitrogens with zero attached hydrogens (tertiary/aromatic N) is 3. The number of benzene rings is 1. The number of pyridine rings is 2. The molecule has 160 valence electrons. The first-order valence-electron chi connectivity index (χ1n) is 9.93. The second-order valence-corrected chi connectivity index (χ2v) is 7.27. The standard InChI is InChI=1S/C23H23N5O2.ClH/c24-12-18-17(15-5-4-9-26-13-15)11-19(28-23(18)25)22-20(29)7-3-8-21(22)30-14-16-6-1-2-10-27-16;/h1-3,6-8,10-11,15,26,29H,4-5,9,13-14H2,(H2,25,28);1H. The van der Waals surface area contributed by atoms with Crippen molar-refractivity contribution in [3.8, 4) is 28.8 Å². The smallest absolute Gasteiger partial charge is 0.142 e. The van der Waals surface area contributed by atoms with Gasteiger partial charge in [0.25, 0.3) is 0 Å². The normalized spacial score (nSPS) is 15.5. The second-order valence-electron chi connectivity index (χ2n) is 7.27. The summed E-state index contributed by atoms with van der Waals surface area (Å²) in [5.41, 5.74) is 9.12. The van der Waals surface area contributed by atoms with Gasteiger partial charge in [-0.1, -0.05) is 12.1 Å². The average Bonchev–Trinajstić information content (AvgIpc) is 2.78. The Balaban J connectivity index is 0.00000272. The van der Waals surface area contributed by atoms with Gasteiger partial charge in [0.1, 0.15) is 30.0 Å². The molecule has 0 spiro atoms. The van der Waals surface area contributed by atoms with E-state index in [0.717, 1.165) is 37.2 Å². The number of rotatable bonds is 5. The fourth-order valence-corrected chi connectivity index (χ4v) is 3.81. The van der Waals surface area contributed by atoms with Gasteiger partial charge in [-0.15, -0.1) is 12.4 Å². The van der Waals surface area contributed by atoms with Gasteiger partial charge in [0.05, 0.1) is 22.5 Å². The Bertz CT molecular complexity index is 1080. The molecule has 3 heterocycles. The van der Waals surface area contributed by atoms with Gasteiger partial charge in [-0.2, -0.15) is 5.26 Å². The van der Waals surface area contributed by atoms with Crippen molar-refractivity contribution in [2.75, 3.05) is 18.8 Å². The minimum atomic E-state index is 0. The molecule has 7 nitrogen and oxygen atoms in total. The predicted octanol–water partition coefficient (Wildman–Crippen LogP) is 3.77. The molecule has 4 rings (SSSR count). The molecule has 4 N–H and O–H groups in total. The Hall–Kier alpha value is -3.34. The number of hydrogen-bond donors (Lipinski definition) is 3. The molecule has 0 bridgehead atoms. The molecule has 8 heteroatoms. The number of hydrogen-bond acceptors (Lipinski definition) is 7. The van der Waals surface area contributed by atoms with Gasteiger partial charge in [-0.25, -0.2) is 4.98 Å². The first kappa shape index (κ1) is 22.3. The molecule has 1 saturated heterocycles. The lowest BCUT2D eigenvalue weighted by Gasteiger charge is -2.25. The van der Waals surface area contributed by atoms with Crippen LogP contribution < -0.4 is 15.8 Å². The van der Waals surface area contributed by atoms with E-state index >= 15 is 0 Å². The third-order valence-corrected chi connectivity index (χ3v) is 5.29. The van der Waals surface area contributed by atoms with Crippen molar-refractivity contribution in [1.82, 2.24) is 15.3 Å². The van der Waals surface area contributed by atoms with E-state index < -0.39 is 0 Å². The van der Waals surface area contributed by atoms with Gasteiger partial charge in [0, 0.05) is 12.7 Å². The van der Waals surface area contributed by atoms with Crippen LogP contribution in [-0.4, -0.2) is 28.2 Å². The Morgan fingerprint density at radius 2 is 2.13 bits per heavy atom. The molecule has 2 aromatic heterocycles. The van der Waals surface area contributed by atoms with Crippen LogP contribution in [0.2, 0.25) is 0 Å². The number of nitrogens with two attached hydrogens (primary N) is 1. The number of nitrogens with one attached hydrogen (secondary N) is 1. The fraction of sp³-hybridized carbons (Fsp3) is 0.261. The summed E-state index contributed by atoms with van der Waals surface area (Å²) < 4.78 is 5.96. The first-order valence-corrected chi connectivity index (χ1v) is 9.93. The van der Waals surface area contributed by atoms with Crippen molar-refractivity contribution >= 4 is 18.2 Å². The molecule has 1 fully saturated rings. The van der Waals surface area contributed by atoms with Crippen LogP contribution in [0.15, 0.2) is 48.7 Å². The van der Waals surface area contributed by atoms with Crippen LogP contribution in [0.4, 0.5) is 5.82 Å². The SMILES string of the molecule is Cl.N#Cc1c(C2CCCNC2)cc(-c2c(O)cccc2OCc2ccccn2)nc1N. The molecular formula is C23H24ClN5O2.